The van der Waals surface area contributed by atoms with Crippen LogP contribution in [0.15, 0.2) is 10.6 Å². The van der Waals surface area contributed by atoms with Crippen LogP contribution in [0.3, 0.4) is 0 Å². The van der Waals surface area contributed by atoms with Crippen molar-refractivity contribution in [3.63, 3.8) is 0 Å². The Morgan fingerprint density at radius 3 is 3.00 bits per heavy atom. The summed E-state index contributed by atoms with van der Waals surface area (Å²) in [6, 6.07) is 2.48. The van der Waals surface area contributed by atoms with Crippen molar-refractivity contribution in [3.05, 3.63) is 17.5 Å². The van der Waals surface area contributed by atoms with Crippen molar-refractivity contribution in [3.8, 4) is 0 Å². The smallest absolute Gasteiger partial charge is 0.150 e. The minimum Gasteiger partial charge on any atom is -0.396 e. The summed E-state index contributed by atoms with van der Waals surface area (Å²) in [4.78, 5) is 4.70. The Morgan fingerprint density at radius 1 is 1.50 bits per heavy atom. The van der Waals surface area contributed by atoms with Gasteiger partial charge in [-0.25, -0.2) is 0 Å². The number of aliphatic hydroxyl groups excluding tert-OH is 1. The number of likely N-dealkylation sites (N-methyl/N-ethyl adjacent to an activating group) is 1. The van der Waals surface area contributed by atoms with E-state index in [1.807, 2.05) is 6.07 Å². The normalized spacial score (nSPS) is 22.5. The van der Waals surface area contributed by atoms with Gasteiger partial charge >= 0.3 is 0 Å². The lowest BCUT2D eigenvalue weighted by atomic mass is 10.1. The highest BCUT2D eigenvalue weighted by molar-refractivity contribution is 5.05. The summed E-state index contributed by atoms with van der Waals surface area (Å²) in [7, 11) is 2.13. The lowest BCUT2D eigenvalue weighted by Gasteiger charge is -2.38. The summed E-state index contributed by atoms with van der Waals surface area (Å²) in [6.07, 6.45) is 1.75. The van der Waals surface area contributed by atoms with Crippen LogP contribution in [0.4, 0.5) is 0 Å². The molecule has 0 bridgehead atoms. The molecule has 0 aliphatic carbocycles. The molecule has 2 heterocycles. The van der Waals surface area contributed by atoms with E-state index in [0.717, 1.165) is 50.5 Å². The molecule has 0 unspecified atom stereocenters. The summed E-state index contributed by atoms with van der Waals surface area (Å²) in [5.41, 5.74) is 1.02. The van der Waals surface area contributed by atoms with Crippen molar-refractivity contribution in [2.45, 2.75) is 32.4 Å². The molecule has 5 nitrogen and oxygen atoms in total. The summed E-state index contributed by atoms with van der Waals surface area (Å²) in [6.45, 7) is 6.22. The number of hydrogen-bond acceptors (Lipinski definition) is 5. The fraction of sp³-hybridized carbons (Fsp3) is 0.769. The molecule has 0 aromatic carbocycles. The van der Waals surface area contributed by atoms with Gasteiger partial charge in [0.05, 0.1) is 12.2 Å². The monoisotopic (exact) mass is 253 g/mol. The molecule has 102 valence electrons. The van der Waals surface area contributed by atoms with Gasteiger partial charge in [0.2, 0.25) is 0 Å². The number of aromatic nitrogens is 1. The average molecular weight is 253 g/mol. The van der Waals surface area contributed by atoms with Gasteiger partial charge in [0.25, 0.3) is 0 Å². The Balaban J connectivity index is 1.89. The Hall–Kier alpha value is -0.910. The maximum atomic E-state index is 9.07. The van der Waals surface area contributed by atoms with Crippen LogP contribution >= 0.6 is 0 Å². The molecular weight excluding hydrogens is 230 g/mol. The second kappa shape index (κ2) is 6.31. The van der Waals surface area contributed by atoms with Crippen LogP contribution in [0.1, 0.15) is 24.8 Å². The molecule has 1 aliphatic rings. The van der Waals surface area contributed by atoms with E-state index < -0.39 is 0 Å². The lowest BCUT2D eigenvalue weighted by Crippen LogP contribution is -2.51. The van der Waals surface area contributed by atoms with Gasteiger partial charge in [0.1, 0.15) is 0 Å². The molecule has 5 heteroatoms. The van der Waals surface area contributed by atoms with Gasteiger partial charge in [-0.15, -0.1) is 0 Å². The van der Waals surface area contributed by atoms with Crippen molar-refractivity contribution in [1.29, 1.82) is 0 Å². The lowest BCUT2D eigenvalue weighted by molar-refractivity contribution is 0.0690. The third kappa shape index (κ3) is 3.31. The highest BCUT2D eigenvalue weighted by Crippen LogP contribution is 2.14. The second-order valence-corrected chi connectivity index (χ2v) is 5.02. The second-order valence-electron chi connectivity index (χ2n) is 5.02. The van der Waals surface area contributed by atoms with Crippen LogP contribution in [0.25, 0.3) is 0 Å². The Kier molecular flexibility index (Phi) is 4.74. The van der Waals surface area contributed by atoms with E-state index in [9.17, 15) is 0 Å². The summed E-state index contributed by atoms with van der Waals surface area (Å²) < 4.78 is 5.33. The Labute approximate surface area is 108 Å². The molecule has 18 heavy (non-hydrogen) atoms. The molecule has 0 radical (unpaired) electrons. The van der Waals surface area contributed by atoms with E-state index in [2.05, 4.69) is 28.9 Å². The fourth-order valence-corrected chi connectivity index (χ4v) is 2.43. The molecular formula is C13H23N3O2. The molecule has 1 fully saturated rings. The van der Waals surface area contributed by atoms with Crippen molar-refractivity contribution in [2.75, 3.05) is 33.3 Å². The van der Waals surface area contributed by atoms with Crippen molar-refractivity contribution in [2.24, 2.45) is 0 Å². The molecule has 0 amide bonds. The van der Waals surface area contributed by atoms with Gasteiger partial charge in [0, 0.05) is 38.3 Å². The molecule has 1 aromatic heterocycles. The number of hydrogen-bond donors (Lipinski definition) is 1. The van der Waals surface area contributed by atoms with Gasteiger partial charge < -0.3 is 14.5 Å². The molecule has 1 atom stereocenters. The molecule has 0 saturated carbocycles. The van der Waals surface area contributed by atoms with Gasteiger partial charge in [-0.05, 0) is 19.9 Å². The van der Waals surface area contributed by atoms with Crippen LogP contribution in [0, 0.1) is 0 Å². The number of rotatable bonds is 5. The highest BCUT2D eigenvalue weighted by Gasteiger charge is 2.24. The van der Waals surface area contributed by atoms with Crippen molar-refractivity contribution >= 4 is 0 Å². The first-order valence-corrected chi connectivity index (χ1v) is 6.70. The first kappa shape index (κ1) is 13.5. The van der Waals surface area contributed by atoms with E-state index in [1.165, 1.54) is 0 Å². The van der Waals surface area contributed by atoms with Crippen LogP contribution < -0.4 is 0 Å². The first-order chi connectivity index (χ1) is 8.72. The number of nitrogens with zero attached hydrogens (tertiary/aromatic N) is 3. The van der Waals surface area contributed by atoms with Gasteiger partial charge in [-0.1, -0.05) is 12.1 Å². The van der Waals surface area contributed by atoms with E-state index in [4.69, 9.17) is 9.63 Å². The quantitative estimate of drug-likeness (QED) is 0.838. The molecule has 1 aromatic rings. The van der Waals surface area contributed by atoms with Crippen molar-refractivity contribution < 1.29 is 9.63 Å². The Bertz CT molecular complexity index is 367. The average Bonchev–Trinajstić information content (AvgIpc) is 2.81. The maximum absolute atomic E-state index is 9.07. The largest absolute Gasteiger partial charge is 0.396 e. The SMILES string of the molecule is CCc1cc(CN2CCN(C)[C@@H](CCO)C2)on1. The van der Waals surface area contributed by atoms with Gasteiger partial charge in [-0.3, -0.25) is 4.90 Å². The Morgan fingerprint density at radius 2 is 2.33 bits per heavy atom. The minimum absolute atomic E-state index is 0.255. The number of aryl methyl sites for hydroxylation is 1. The van der Waals surface area contributed by atoms with Crippen LogP contribution in [0.2, 0.25) is 0 Å². The van der Waals surface area contributed by atoms with E-state index >= 15 is 0 Å². The zero-order valence-corrected chi connectivity index (χ0v) is 11.3. The first-order valence-electron chi connectivity index (χ1n) is 6.70. The topological polar surface area (TPSA) is 52.7 Å². The maximum Gasteiger partial charge on any atom is 0.150 e. The molecule has 2 rings (SSSR count). The summed E-state index contributed by atoms with van der Waals surface area (Å²) >= 11 is 0. The zero-order chi connectivity index (χ0) is 13.0. The molecule has 0 spiro atoms. The van der Waals surface area contributed by atoms with Crippen molar-refractivity contribution in [1.82, 2.24) is 15.0 Å². The van der Waals surface area contributed by atoms with Crippen LogP contribution in [-0.2, 0) is 13.0 Å². The van der Waals surface area contributed by atoms with E-state index in [-0.39, 0.29) is 6.61 Å². The molecule has 1 saturated heterocycles. The van der Waals surface area contributed by atoms with Gasteiger partial charge in [-0.2, -0.15) is 0 Å². The predicted octanol–water partition coefficient (Wildman–Crippen LogP) is 0.735. The molecule has 1 N–H and O–H groups in total. The molecule has 1 aliphatic heterocycles. The predicted molar refractivity (Wildman–Crippen MR) is 69.3 cm³/mol. The number of piperazine rings is 1. The summed E-state index contributed by atoms with van der Waals surface area (Å²) in [5.74, 6) is 0.944. The fourth-order valence-electron chi connectivity index (χ4n) is 2.43. The van der Waals surface area contributed by atoms with Crippen LogP contribution in [0.5, 0.6) is 0 Å². The van der Waals surface area contributed by atoms with E-state index in [0.29, 0.717) is 6.04 Å². The third-order valence-electron chi connectivity index (χ3n) is 3.67. The van der Waals surface area contributed by atoms with E-state index in [1.54, 1.807) is 0 Å². The van der Waals surface area contributed by atoms with Gasteiger partial charge in [0.15, 0.2) is 5.76 Å². The highest BCUT2D eigenvalue weighted by atomic mass is 16.5. The zero-order valence-electron chi connectivity index (χ0n) is 11.3. The number of aliphatic hydroxyl groups is 1. The minimum atomic E-state index is 0.255. The van der Waals surface area contributed by atoms with Crippen LogP contribution in [-0.4, -0.2) is 59.4 Å². The summed E-state index contributed by atoms with van der Waals surface area (Å²) in [5, 5.41) is 13.1. The third-order valence-corrected chi connectivity index (χ3v) is 3.67. The standard InChI is InChI=1S/C13H23N3O2/c1-3-11-8-13(18-14-11)10-16-6-5-15(2)12(9-16)4-7-17/h8,12,17H,3-7,9-10H2,1-2H3/t12-/m0/s1.